The Balaban J connectivity index is 1.58. The van der Waals surface area contributed by atoms with Crippen molar-refractivity contribution in [1.82, 2.24) is 9.80 Å². The summed E-state index contributed by atoms with van der Waals surface area (Å²) in [5, 5.41) is 0. The molecule has 2 bridgehead atoms. The summed E-state index contributed by atoms with van der Waals surface area (Å²) in [5.41, 5.74) is 5.74. The van der Waals surface area contributed by atoms with Crippen LogP contribution < -0.4 is 5.73 Å². The first-order chi connectivity index (χ1) is 9.69. The van der Waals surface area contributed by atoms with E-state index in [4.69, 9.17) is 5.73 Å². The highest BCUT2D eigenvalue weighted by Gasteiger charge is 2.37. The molecule has 0 aromatic rings. The molecule has 2 heterocycles. The van der Waals surface area contributed by atoms with Gasteiger partial charge >= 0.3 is 0 Å². The van der Waals surface area contributed by atoms with Crippen molar-refractivity contribution < 1.29 is 4.79 Å². The first kappa shape index (κ1) is 14.3. The van der Waals surface area contributed by atoms with Crippen LogP contribution in [0.4, 0.5) is 0 Å². The molecule has 2 aliphatic heterocycles. The molecular weight excluding hydrogens is 250 g/mol. The summed E-state index contributed by atoms with van der Waals surface area (Å²) in [5.74, 6) is 1.37. The molecule has 3 aliphatic rings. The lowest BCUT2D eigenvalue weighted by atomic mass is 9.81. The summed E-state index contributed by atoms with van der Waals surface area (Å²) >= 11 is 0. The van der Waals surface area contributed by atoms with E-state index in [0.717, 1.165) is 51.7 Å². The minimum Gasteiger partial charge on any atom is -0.341 e. The van der Waals surface area contributed by atoms with Crippen molar-refractivity contribution in [1.29, 1.82) is 0 Å². The normalized spacial score (nSPS) is 38.8. The van der Waals surface area contributed by atoms with E-state index in [2.05, 4.69) is 16.8 Å². The highest BCUT2D eigenvalue weighted by Crippen LogP contribution is 2.32. The average Bonchev–Trinajstić information content (AvgIpc) is 2.72. The molecule has 2 unspecified atom stereocenters. The fourth-order valence-electron chi connectivity index (χ4n) is 4.41. The molecule has 2 N–H and O–H groups in total. The van der Waals surface area contributed by atoms with Gasteiger partial charge in [-0.3, -0.25) is 9.69 Å². The first-order valence-corrected chi connectivity index (χ1v) is 8.39. The Labute approximate surface area is 122 Å². The average molecular weight is 279 g/mol. The topological polar surface area (TPSA) is 49.6 Å². The van der Waals surface area contributed by atoms with E-state index in [0.29, 0.717) is 23.9 Å². The van der Waals surface area contributed by atoms with Crippen LogP contribution in [-0.2, 0) is 4.79 Å². The smallest absolute Gasteiger partial charge is 0.225 e. The highest BCUT2D eigenvalue weighted by molar-refractivity contribution is 5.79. The number of rotatable bonds is 2. The zero-order chi connectivity index (χ0) is 14.1. The molecule has 0 aromatic heterocycles. The van der Waals surface area contributed by atoms with Gasteiger partial charge < -0.3 is 10.6 Å². The lowest BCUT2D eigenvalue weighted by Crippen LogP contribution is -2.43. The van der Waals surface area contributed by atoms with Gasteiger partial charge in [-0.2, -0.15) is 0 Å². The molecule has 4 heteroatoms. The van der Waals surface area contributed by atoms with Gasteiger partial charge in [0.2, 0.25) is 5.91 Å². The fourth-order valence-corrected chi connectivity index (χ4v) is 4.41. The summed E-state index contributed by atoms with van der Waals surface area (Å²) in [7, 11) is 2.24. The molecule has 1 aliphatic carbocycles. The van der Waals surface area contributed by atoms with Crippen molar-refractivity contribution in [2.75, 3.05) is 26.7 Å². The molecule has 114 valence electrons. The van der Waals surface area contributed by atoms with Gasteiger partial charge in [0.05, 0.1) is 0 Å². The van der Waals surface area contributed by atoms with E-state index in [1.54, 1.807) is 0 Å². The minimum absolute atomic E-state index is 0.278. The lowest BCUT2D eigenvalue weighted by molar-refractivity contribution is -0.137. The summed E-state index contributed by atoms with van der Waals surface area (Å²) in [6.45, 7) is 2.73. The Morgan fingerprint density at radius 1 is 1.05 bits per heavy atom. The van der Waals surface area contributed by atoms with Crippen molar-refractivity contribution in [2.45, 2.75) is 57.0 Å². The van der Waals surface area contributed by atoms with Gasteiger partial charge in [-0.1, -0.05) is 0 Å². The number of carbonyl (C=O) groups excluding carboxylic acids is 1. The quantitative estimate of drug-likeness (QED) is 0.832. The maximum Gasteiger partial charge on any atom is 0.225 e. The van der Waals surface area contributed by atoms with Gasteiger partial charge in [0.25, 0.3) is 0 Å². The van der Waals surface area contributed by atoms with Crippen molar-refractivity contribution >= 4 is 5.91 Å². The van der Waals surface area contributed by atoms with E-state index in [-0.39, 0.29) is 5.92 Å². The van der Waals surface area contributed by atoms with Gasteiger partial charge in [-0.05, 0) is 64.5 Å². The molecule has 1 saturated carbocycles. The van der Waals surface area contributed by atoms with Gasteiger partial charge in [0.1, 0.15) is 0 Å². The van der Waals surface area contributed by atoms with Crippen molar-refractivity contribution in [2.24, 2.45) is 17.6 Å². The first-order valence-electron chi connectivity index (χ1n) is 8.39. The maximum atomic E-state index is 12.8. The van der Waals surface area contributed by atoms with Gasteiger partial charge in [-0.15, -0.1) is 0 Å². The van der Waals surface area contributed by atoms with Crippen LogP contribution in [0.5, 0.6) is 0 Å². The van der Waals surface area contributed by atoms with Gasteiger partial charge in [0.15, 0.2) is 0 Å². The highest BCUT2D eigenvalue weighted by atomic mass is 16.2. The molecule has 2 saturated heterocycles. The van der Waals surface area contributed by atoms with Crippen LogP contribution in [0.15, 0.2) is 0 Å². The Kier molecular flexibility index (Phi) is 4.32. The molecule has 1 amide bonds. The second-order valence-electron chi connectivity index (χ2n) is 7.08. The molecule has 0 radical (unpaired) electrons. The number of fused-ring (bicyclic) bond motifs is 2. The summed E-state index contributed by atoms with van der Waals surface area (Å²) < 4.78 is 0. The number of amides is 1. The van der Waals surface area contributed by atoms with Crippen LogP contribution in [-0.4, -0.2) is 54.5 Å². The Hall–Kier alpha value is -0.610. The van der Waals surface area contributed by atoms with E-state index in [9.17, 15) is 4.79 Å². The van der Waals surface area contributed by atoms with E-state index < -0.39 is 0 Å². The molecule has 4 nitrogen and oxygen atoms in total. The molecule has 20 heavy (non-hydrogen) atoms. The zero-order valence-corrected chi connectivity index (χ0v) is 12.8. The summed E-state index contributed by atoms with van der Waals surface area (Å²) in [6.07, 6.45) is 8.16. The predicted octanol–water partition coefficient (Wildman–Crippen LogP) is 1.45. The molecule has 3 fully saturated rings. The third-order valence-electron chi connectivity index (χ3n) is 5.99. The number of nitrogens with zero attached hydrogens (tertiary/aromatic N) is 2. The zero-order valence-electron chi connectivity index (χ0n) is 12.8. The Morgan fingerprint density at radius 3 is 2.45 bits per heavy atom. The van der Waals surface area contributed by atoms with E-state index in [1.165, 1.54) is 12.8 Å². The maximum absolute atomic E-state index is 12.8. The monoisotopic (exact) mass is 279 g/mol. The predicted molar refractivity (Wildman–Crippen MR) is 80.3 cm³/mol. The van der Waals surface area contributed by atoms with Gasteiger partial charge in [-0.25, -0.2) is 0 Å². The number of carbonyl (C=O) groups is 1. The van der Waals surface area contributed by atoms with E-state index >= 15 is 0 Å². The fraction of sp³-hybridized carbons (Fsp3) is 0.938. The number of nitrogens with two attached hydrogens (primary N) is 1. The van der Waals surface area contributed by atoms with Crippen LogP contribution in [0.1, 0.15) is 44.9 Å². The van der Waals surface area contributed by atoms with Crippen molar-refractivity contribution in [3.8, 4) is 0 Å². The van der Waals surface area contributed by atoms with E-state index in [1.807, 2.05) is 0 Å². The van der Waals surface area contributed by atoms with Crippen LogP contribution in [0.25, 0.3) is 0 Å². The van der Waals surface area contributed by atoms with Gasteiger partial charge in [0, 0.05) is 31.1 Å². The molecule has 2 atom stereocenters. The number of hydrogen-bond donors (Lipinski definition) is 1. The third-order valence-corrected chi connectivity index (χ3v) is 5.99. The Bertz CT molecular complexity index is 352. The summed E-state index contributed by atoms with van der Waals surface area (Å²) in [6, 6.07) is 1.32. The largest absolute Gasteiger partial charge is 0.341 e. The Morgan fingerprint density at radius 2 is 1.75 bits per heavy atom. The number of likely N-dealkylation sites (N-methyl/N-ethyl adjacent to an activating group) is 1. The number of hydrogen-bond acceptors (Lipinski definition) is 3. The van der Waals surface area contributed by atoms with Crippen LogP contribution >= 0.6 is 0 Å². The molecular formula is C16H29N3O. The van der Waals surface area contributed by atoms with Crippen LogP contribution in [0.2, 0.25) is 0 Å². The lowest BCUT2D eigenvalue weighted by Gasteiger charge is -2.32. The van der Waals surface area contributed by atoms with Crippen LogP contribution in [0, 0.1) is 11.8 Å². The van der Waals surface area contributed by atoms with Crippen LogP contribution in [0.3, 0.4) is 0 Å². The minimum atomic E-state index is 0.278. The van der Waals surface area contributed by atoms with Crippen molar-refractivity contribution in [3.63, 3.8) is 0 Å². The second kappa shape index (κ2) is 6.02. The third kappa shape index (κ3) is 2.73. The summed E-state index contributed by atoms with van der Waals surface area (Å²) in [4.78, 5) is 17.4. The SMILES string of the molecule is CN1C2CCC1CN(C(=O)C1CCC(CN)CC1)CC2. The molecule has 0 aromatic carbocycles. The number of likely N-dealkylation sites (tertiary alicyclic amines) is 1. The molecule has 3 rings (SSSR count). The van der Waals surface area contributed by atoms with Crippen molar-refractivity contribution in [3.05, 3.63) is 0 Å². The standard InChI is InChI=1S/C16H29N3O/c1-18-14-6-7-15(18)11-19(9-8-14)16(20)13-4-2-12(10-17)3-5-13/h12-15H,2-11,17H2,1H3. The second-order valence-corrected chi connectivity index (χ2v) is 7.08. The molecule has 0 spiro atoms.